The Labute approximate surface area is 104 Å². The van der Waals surface area contributed by atoms with Gasteiger partial charge in [0, 0.05) is 11.9 Å². The molecule has 1 N–H and O–H groups in total. The van der Waals surface area contributed by atoms with Crippen LogP contribution in [0.1, 0.15) is 13.8 Å². The van der Waals surface area contributed by atoms with Gasteiger partial charge in [-0.2, -0.15) is 0 Å². The minimum absolute atomic E-state index is 0.0585. The quantitative estimate of drug-likeness (QED) is 0.749. The summed E-state index contributed by atoms with van der Waals surface area (Å²) >= 11 is 0. The molecule has 4 heteroatoms. The van der Waals surface area contributed by atoms with Gasteiger partial charge in [0.2, 0.25) is 0 Å². The van der Waals surface area contributed by atoms with Crippen molar-refractivity contribution in [1.29, 1.82) is 0 Å². The van der Waals surface area contributed by atoms with E-state index in [0.717, 1.165) is 21.9 Å². The first-order valence-electron chi connectivity index (χ1n) is 6.13. The molecule has 0 fully saturated rings. The molecule has 3 aromatic rings. The lowest BCUT2D eigenvalue weighted by atomic mass is 10.2. The van der Waals surface area contributed by atoms with E-state index in [9.17, 15) is 4.79 Å². The van der Waals surface area contributed by atoms with Gasteiger partial charge in [0.25, 0.3) is 0 Å². The van der Waals surface area contributed by atoms with Crippen molar-refractivity contribution in [3.05, 3.63) is 40.9 Å². The standard InChI is InChI=1S/C14H15N3O/c1-9(2)8-17-13-10-5-3-4-6-11(10)15-7-12(13)16-14(17)18/h3-7,9H,8H2,1-2H3,(H,16,18). The van der Waals surface area contributed by atoms with Crippen molar-refractivity contribution in [2.75, 3.05) is 0 Å². The van der Waals surface area contributed by atoms with Gasteiger partial charge in [0.1, 0.15) is 0 Å². The summed E-state index contributed by atoms with van der Waals surface area (Å²) in [5, 5.41) is 1.02. The third-order valence-corrected chi connectivity index (χ3v) is 3.05. The zero-order valence-corrected chi connectivity index (χ0v) is 10.5. The number of aromatic nitrogens is 3. The third kappa shape index (κ3) is 1.61. The number of benzene rings is 1. The van der Waals surface area contributed by atoms with Gasteiger partial charge in [-0.1, -0.05) is 32.0 Å². The van der Waals surface area contributed by atoms with Crippen LogP contribution >= 0.6 is 0 Å². The molecule has 0 amide bonds. The lowest BCUT2D eigenvalue weighted by molar-refractivity contribution is 0.523. The molecule has 0 aliphatic heterocycles. The molecule has 2 heterocycles. The van der Waals surface area contributed by atoms with Gasteiger partial charge in [0.05, 0.1) is 22.7 Å². The summed E-state index contributed by atoms with van der Waals surface area (Å²) < 4.78 is 1.81. The van der Waals surface area contributed by atoms with Crippen LogP contribution in [0, 0.1) is 5.92 Å². The van der Waals surface area contributed by atoms with E-state index < -0.39 is 0 Å². The first-order chi connectivity index (χ1) is 8.66. The van der Waals surface area contributed by atoms with Crippen LogP contribution in [0.4, 0.5) is 0 Å². The fraction of sp³-hybridized carbons (Fsp3) is 0.286. The molecule has 0 saturated carbocycles. The number of hydrogen-bond acceptors (Lipinski definition) is 2. The Morgan fingerprint density at radius 3 is 2.89 bits per heavy atom. The molecule has 92 valence electrons. The number of rotatable bonds is 2. The fourth-order valence-corrected chi connectivity index (χ4v) is 2.33. The maximum atomic E-state index is 12.0. The van der Waals surface area contributed by atoms with Gasteiger partial charge in [-0.25, -0.2) is 4.79 Å². The van der Waals surface area contributed by atoms with Crippen molar-refractivity contribution in [1.82, 2.24) is 14.5 Å². The van der Waals surface area contributed by atoms with Crippen molar-refractivity contribution in [2.24, 2.45) is 5.92 Å². The first kappa shape index (κ1) is 11.0. The van der Waals surface area contributed by atoms with Crippen LogP contribution in [0.15, 0.2) is 35.3 Å². The van der Waals surface area contributed by atoms with E-state index >= 15 is 0 Å². The molecule has 0 bridgehead atoms. The summed E-state index contributed by atoms with van der Waals surface area (Å²) in [6.45, 7) is 4.93. The third-order valence-electron chi connectivity index (χ3n) is 3.05. The molecule has 3 rings (SSSR count). The minimum Gasteiger partial charge on any atom is -0.304 e. The number of H-pyrrole nitrogens is 1. The zero-order valence-electron chi connectivity index (χ0n) is 10.5. The Bertz CT molecular complexity index is 767. The minimum atomic E-state index is -0.0585. The van der Waals surface area contributed by atoms with Gasteiger partial charge < -0.3 is 4.98 Å². The second-order valence-electron chi connectivity index (χ2n) is 4.97. The second kappa shape index (κ2) is 3.98. The van der Waals surface area contributed by atoms with E-state index in [2.05, 4.69) is 23.8 Å². The van der Waals surface area contributed by atoms with Crippen LogP contribution in [-0.2, 0) is 6.54 Å². The lowest BCUT2D eigenvalue weighted by Gasteiger charge is -2.07. The van der Waals surface area contributed by atoms with Crippen molar-refractivity contribution in [2.45, 2.75) is 20.4 Å². The van der Waals surface area contributed by atoms with Crippen molar-refractivity contribution in [3.8, 4) is 0 Å². The Morgan fingerprint density at radius 2 is 2.11 bits per heavy atom. The lowest BCUT2D eigenvalue weighted by Crippen LogP contribution is -2.19. The topological polar surface area (TPSA) is 50.7 Å². The van der Waals surface area contributed by atoms with E-state index in [4.69, 9.17) is 0 Å². The summed E-state index contributed by atoms with van der Waals surface area (Å²) in [5.74, 6) is 0.425. The number of imidazole rings is 1. The number of fused-ring (bicyclic) bond motifs is 3. The van der Waals surface area contributed by atoms with E-state index in [1.165, 1.54) is 0 Å². The van der Waals surface area contributed by atoms with Crippen molar-refractivity contribution < 1.29 is 0 Å². The van der Waals surface area contributed by atoms with E-state index in [0.29, 0.717) is 12.5 Å². The molecule has 0 radical (unpaired) electrons. The van der Waals surface area contributed by atoms with Crippen LogP contribution in [-0.4, -0.2) is 14.5 Å². The Morgan fingerprint density at radius 1 is 1.33 bits per heavy atom. The smallest absolute Gasteiger partial charge is 0.304 e. The Kier molecular flexibility index (Phi) is 2.44. The van der Waals surface area contributed by atoms with E-state index in [1.54, 1.807) is 6.20 Å². The number of pyridine rings is 1. The van der Waals surface area contributed by atoms with Crippen molar-refractivity contribution in [3.63, 3.8) is 0 Å². The normalized spacial score (nSPS) is 11.7. The predicted molar refractivity (Wildman–Crippen MR) is 72.7 cm³/mol. The fourth-order valence-electron chi connectivity index (χ4n) is 2.33. The summed E-state index contributed by atoms with van der Waals surface area (Å²) in [6.07, 6.45) is 1.73. The highest BCUT2D eigenvalue weighted by Crippen LogP contribution is 2.21. The molecule has 4 nitrogen and oxygen atoms in total. The average Bonchev–Trinajstić information content (AvgIpc) is 2.66. The molecular formula is C14H15N3O. The molecule has 0 aliphatic carbocycles. The summed E-state index contributed by atoms with van der Waals surface area (Å²) in [5.41, 5.74) is 2.62. The molecule has 2 aromatic heterocycles. The van der Waals surface area contributed by atoms with E-state index in [-0.39, 0.29) is 5.69 Å². The van der Waals surface area contributed by atoms with E-state index in [1.807, 2.05) is 28.8 Å². The van der Waals surface area contributed by atoms with Gasteiger partial charge in [-0.05, 0) is 12.0 Å². The SMILES string of the molecule is CC(C)Cn1c(=O)[nH]c2cnc3ccccc3c21. The molecule has 0 atom stereocenters. The average molecular weight is 241 g/mol. The van der Waals surface area contributed by atoms with Crippen LogP contribution in [0.3, 0.4) is 0 Å². The van der Waals surface area contributed by atoms with Crippen LogP contribution < -0.4 is 5.69 Å². The number of para-hydroxylation sites is 1. The number of nitrogens with zero attached hydrogens (tertiary/aromatic N) is 2. The molecular weight excluding hydrogens is 226 g/mol. The van der Waals surface area contributed by atoms with Gasteiger partial charge in [0.15, 0.2) is 0 Å². The summed E-state index contributed by atoms with van der Waals surface area (Å²) in [7, 11) is 0. The highest BCUT2D eigenvalue weighted by molar-refractivity contribution is 6.01. The van der Waals surface area contributed by atoms with Crippen LogP contribution in [0.2, 0.25) is 0 Å². The zero-order chi connectivity index (χ0) is 12.7. The summed E-state index contributed by atoms with van der Waals surface area (Å²) in [4.78, 5) is 19.2. The van der Waals surface area contributed by atoms with Gasteiger partial charge >= 0.3 is 5.69 Å². The molecule has 0 unspecified atom stereocenters. The molecule has 18 heavy (non-hydrogen) atoms. The Balaban J connectivity index is 2.43. The first-order valence-corrected chi connectivity index (χ1v) is 6.13. The summed E-state index contributed by atoms with van der Waals surface area (Å²) in [6, 6.07) is 7.90. The predicted octanol–water partition coefficient (Wildman–Crippen LogP) is 2.53. The number of hydrogen-bond donors (Lipinski definition) is 1. The van der Waals surface area contributed by atoms with Crippen molar-refractivity contribution >= 4 is 21.9 Å². The van der Waals surface area contributed by atoms with Gasteiger partial charge in [-0.15, -0.1) is 0 Å². The maximum absolute atomic E-state index is 12.0. The number of aromatic amines is 1. The highest BCUT2D eigenvalue weighted by atomic mass is 16.1. The second-order valence-corrected chi connectivity index (χ2v) is 4.97. The van der Waals surface area contributed by atoms with Gasteiger partial charge in [-0.3, -0.25) is 9.55 Å². The largest absolute Gasteiger partial charge is 0.326 e. The molecule has 0 spiro atoms. The number of nitrogens with one attached hydrogen (secondary N) is 1. The molecule has 0 saturated heterocycles. The molecule has 1 aromatic carbocycles. The molecule has 0 aliphatic rings. The highest BCUT2D eigenvalue weighted by Gasteiger charge is 2.11. The van der Waals surface area contributed by atoms with Crippen LogP contribution in [0.25, 0.3) is 21.9 Å². The monoisotopic (exact) mass is 241 g/mol. The maximum Gasteiger partial charge on any atom is 0.326 e. The van der Waals surface area contributed by atoms with Crippen LogP contribution in [0.5, 0.6) is 0 Å². The Hall–Kier alpha value is -2.10.